The molecular formula is C20H17N3O3S. The van der Waals surface area contributed by atoms with Gasteiger partial charge >= 0.3 is 0 Å². The summed E-state index contributed by atoms with van der Waals surface area (Å²) in [7, 11) is 0. The Morgan fingerprint density at radius 2 is 1.85 bits per heavy atom. The quantitative estimate of drug-likeness (QED) is 0.678. The number of aromatic nitrogens is 2. The first-order valence-corrected chi connectivity index (χ1v) is 9.39. The number of rotatable bonds is 5. The van der Waals surface area contributed by atoms with Crippen molar-refractivity contribution in [2.45, 2.75) is 11.9 Å². The molecule has 0 spiro atoms. The van der Waals surface area contributed by atoms with Gasteiger partial charge in [-0.25, -0.2) is 0 Å². The Morgan fingerprint density at radius 1 is 1.04 bits per heavy atom. The number of thioether (sulfide) groups is 1. The smallest absolute Gasteiger partial charge is 0.234 e. The molecule has 0 saturated carbocycles. The standard InChI is InChI=1S/C20H17N3O3S/c1-13-2-5-15(6-3-13)21-19(24)11-27-20-9-7-16(22-23-20)14-4-8-17-18(10-14)26-12-25-17/h2-10H,11-12H2,1H3,(H,21,24). The zero-order chi connectivity index (χ0) is 18.6. The average molecular weight is 379 g/mol. The van der Waals surface area contributed by atoms with E-state index in [1.165, 1.54) is 11.8 Å². The molecule has 0 fully saturated rings. The fourth-order valence-corrected chi connectivity index (χ4v) is 3.19. The lowest BCUT2D eigenvalue weighted by atomic mass is 10.1. The lowest BCUT2D eigenvalue weighted by Crippen LogP contribution is -2.14. The summed E-state index contributed by atoms with van der Waals surface area (Å²) in [4.78, 5) is 12.1. The molecule has 1 N–H and O–H groups in total. The highest BCUT2D eigenvalue weighted by Gasteiger charge is 2.14. The summed E-state index contributed by atoms with van der Waals surface area (Å²) in [5.74, 6) is 1.64. The van der Waals surface area contributed by atoms with Gasteiger partial charge in [-0.3, -0.25) is 4.79 Å². The minimum Gasteiger partial charge on any atom is -0.454 e. The zero-order valence-corrected chi connectivity index (χ0v) is 15.5. The molecule has 0 unspecified atom stereocenters. The molecule has 0 bridgehead atoms. The summed E-state index contributed by atoms with van der Waals surface area (Å²) in [6, 6.07) is 17.1. The highest BCUT2D eigenvalue weighted by Crippen LogP contribution is 2.35. The second-order valence-corrected chi connectivity index (χ2v) is 7.02. The van der Waals surface area contributed by atoms with Crippen LogP contribution in [0, 0.1) is 6.92 Å². The van der Waals surface area contributed by atoms with E-state index in [1.54, 1.807) is 0 Å². The molecule has 4 rings (SSSR count). The Morgan fingerprint density at radius 3 is 2.63 bits per heavy atom. The third kappa shape index (κ3) is 4.20. The molecule has 0 saturated heterocycles. The molecule has 0 radical (unpaired) electrons. The first-order valence-electron chi connectivity index (χ1n) is 8.40. The number of ether oxygens (including phenoxy) is 2. The average Bonchev–Trinajstić information content (AvgIpc) is 3.16. The van der Waals surface area contributed by atoms with Gasteiger partial charge in [-0.15, -0.1) is 10.2 Å². The predicted molar refractivity (Wildman–Crippen MR) is 104 cm³/mol. The molecule has 2 heterocycles. The monoisotopic (exact) mass is 379 g/mol. The number of aryl methyl sites for hydroxylation is 1. The van der Waals surface area contributed by atoms with Crippen LogP contribution in [0.4, 0.5) is 5.69 Å². The van der Waals surface area contributed by atoms with Gasteiger partial charge in [-0.2, -0.15) is 0 Å². The maximum absolute atomic E-state index is 12.1. The van der Waals surface area contributed by atoms with E-state index in [0.717, 1.165) is 28.3 Å². The molecule has 1 aliphatic heterocycles. The molecule has 0 atom stereocenters. The molecule has 1 aromatic heterocycles. The molecule has 7 heteroatoms. The molecule has 2 aromatic carbocycles. The van der Waals surface area contributed by atoms with E-state index in [4.69, 9.17) is 9.47 Å². The van der Waals surface area contributed by atoms with Gasteiger partial charge in [0.25, 0.3) is 0 Å². The number of amides is 1. The van der Waals surface area contributed by atoms with Crippen LogP contribution in [-0.4, -0.2) is 28.7 Å². The first kappa shape index (κ1) is 17.4. The van der Waals surface area contributed by atoms with Gasteiger partial charge in [0.15, 0.2) is 11.5 Å². The van der Waals surface area contributed by atoms with E-state index < -0.39 is 0 Å². The predicted octanol–water partition coefficient (Wildman–Crippen LogP) is 3.91. The van der Waals surface area contributed by atoms with Crippen LogP contribution in [0.5, 0.6) is 11.5 Å². The second kappa shape index (κ2) is 7.67. The van der Waals surface area contributed by atoms with Crippen molar-refractivity contribution in [2.24, 2.45) is 0 Å². The van der Waals surface area contributed by atoms with Crippen molar-refractivity contribution >= 4 is 23.4 Å². The zero-order valence-electron chi connectivity index (χ0n) is 14.6. The fraction of sp³-hybridized carbons (Fsp3) is 0.150. The van der Waals surface area contributed by atoms with Crippen molar-refractivity contribution in [3.8, 4) is 22.8 Å². The van der Waals surface area contributed by atoms with E-state index >= 15 is 0 Å². The van der Waals surface area contributed by atoms with Crippen LogP contribution in [-0.2, 0) is 4.79 Å². The maximum Gasteiger partial charge on any atom is 0.234 e. The van der Waals surface area contributed by atoms with Crippen molar-refractivity contribution in [3.05, 3.63) is 60.2 Å². The van der Waals surface area contributed by atoms with Crippen molar-refractivity contribution in [1.29, 1.82) is 0 Å². The highest BCUT2D eigenvalue weighted by molar-refractivity contribution is 7.99. The Kier molecular flexibility index (Phi) is 4.93. The van der Waals surface area contributed by atoms with Crippen LogP contribution < -0.4 is 14.8 Å². The minimum atomic E-state index is -0.0782. The number of carbonyl (C=O) groups is 1. The normalized spacial score (nSPS) is 12.0. The summed E-state index contributed by atoms with van der Waals surface area (Å²) >= 11 is 1.34. The molecule has 6 nitrogen and oxygen atoms in total. The molecule has 1 aliphatic rings. The topological polar surface area (TPSA) is 73.3 Å². The third-order valence-corrected chi connectivity index (χ3v) is 4.91. The molecule has 3 aromatic rings. The molecule has 136 valence electrons. The number of nitrogens with one attached hydrogen (secondary N) is 1. The van der Waals surface area contributed by atoms with Crippen LogP contribution in [0.2, 0.25) is 0 Å². The summed E-state index contributed by atoms with van der Waals surface area (Å²) in [6.45, 7) is 2.25. The van der Waals surface area contributed by atoms with Gasteiger partial charge in [-0.05, 0) is 49.4 Å². The third-order valence-electron chi connectivity index (χ3n) is 3.99. The van der Waals surface area contributed by atoms with Crippen LogP contribution >= 0.6 is 11.8 Å². The largest absolute Gasteiger partial charge is 0.454 e. The van der Waals surface area contributed by atoms with E-state index in [0.29, 0.717) is 10.8 Å². The van der Waals surface area contributed by atoms with Gasteiger partial charge in [-0.1, -0.05) is 29.5 Å². The number of hydrogen-bond acceptors (Lipinski definition) is 6. The number of hydrogen-bond donors (Lipinski definition) is 1. The van der Waals surface area contributed by atoms with Crippen molar-refractivity contribution < 1.29 is 14.3 Å². The Labute approximate surface area is 160 Å². The van der Waals surface area contributed by atoms with Crippen LogP contribution in [0.15, 0.2) is 59.6 Å². The minimum absolute atomic E-state index is 0.0782. The van der Waals surface area contributed by atoms with Gasteiger partial charge in [0.05, 0.1) is 11.4 Å². The second-order valence-electron chi connectivity index (χ2n) is 6.03. The number of anilines is 1. The van der Waals surface area contributed by atoms with Crippen molar-refractivity contribution in [1.82, 2.24) is 10.2 Å². The van der Waals surface area contributed by atoms with Crippen LogP contribution in [0.3, 0.4) is 0 Å². The van der Waals surface area contributed by atoms with Gasteiger partial charge in [0.1, 0.15) is 5.03 Å². The van der Waals surface area contributed by atoms with Gasteiger partial charge < -0.3 is 14.8 Å². The SMILES string of the molecule is Cc1ccc(NC(=O)CSc2ccc(-c3ccc4c(c3)OCO4)nn2)cc1. The first-order chi connectivity index (χ1) is 13.2. The Balaban J connectivity index is 1.35. The van der Waals surface area contributed by atoms with Gasteiger partial charge in [0, 0.05) is 11.3 Å². The number of benzene rings is 2. The van der Waals surface area contributed by atoms with Gasteiger partial charge in [0.2, 0.25) is 12.7 Å². The van der Waals surface area contributed by atoms with E-state index in [2.05, 4.69) is 15.5 Å². The Hall–Kier alpha value is -3.06. The lowest BCUT2D eigenvalue weighted by molar-refractivity contribution is -0.113. The number of fused-ring (bicyclic) bond motifs is 1. The summed E-state index contributed by atoms with van der Waals surface area (Å²) in [5.41, 5.74) is 3.58. The van der Waals surface area contributed by atoms with Crippen molar-refractivity contribution in [3.63, 3.8) is 0 Å². The van der Waals surface area contributed by atoms with Crippen molar-refractivity contribution in [2.75, 3.05) is 17.9 Å². The lowest BCUT2D eigenvalue weighted by Gasteiger charge is -2.06. The highest BCUT2D eigenvalue weighted by atomic mass is 32.2. The summed E-state index contributed by atoms with van der Waals surface area (Å²) in [5, 5.41) is 12.0. The van der Waals surface area contributed by atoms with Crippen LogP contribution in [0.25, 0.3) is 11.3 Å². The fourth-order valence-electron chi connectivity index (χ4n) is 2.58. The van der Waals surface area contributed by atoms with E-state index in [9.17, 15) is 4.79 Å². The molecule has 27 heavy (non-hydrogen) atoms. The summed E-state index contributed by atoms with van der Waals surface area (Å²) in [6.07, 6.45) is 0. The number of nitrogens with zero attached hydrogens (tertiary/aromatic N) is 2. The maximum atomic E-state index is 12.1. The number of carbonyl (C=O) groups excluding carboxylic acids is 1. The van der Waals surface area contributed by atoms with E-state index in [-0.39, 0.29) is 18.5 Å². The molecular weight excluding hydrogens is 362 g/mol. The summed E-state index contributed by atoms with van der Waals surface area (Å²) < 4.78 is 10.7. The molecule has 0 aliphatic carbocycles. The Bertz CT molecular complexity index is 959. The van der Waals surface area contributed by atoms with E-state index in [1.807, 2.05) is 61.5 Å². The van der Waals surface area contributed by atoms with Crippen LogP contribution in [0.1, 0.15) is 5.56 Å². The molecule has 1 amide bonds.